The van der Waals surface area contributed by atoms with Crippen molar-refractivity contribution in [3.05, 3.63) is 71.7 Å². The van der Waals surface area contributed by atoms with Crippen molar-refractivity contribution in [3.8, 4) is 0 Å². The molecule has 0 amide bonds. The predicted octanol–water partition coefficient (Wildman–Crippen LogP) is 3.00. The molecule has 0 aliphatic heterocycles. The molecular formula is C17H15FN4S. The molecule has 0 saturated heterocycles. The summed E-state index contributed by atoms with van der Waals surface area (Å²) in [5.41, 5.74) is 10.4. The molecule has 3 rings (SSSR count). The fourth-order valence-corrected chi connectivity index (χ4v) is 2.45. The van der Waals surface area contributed by atoms with Gasteiger partial charge in [0.25, 0.3) is 0 Å². The van der Waals surface area contributed by atoms with Crippen molar-refractivity contribution in [1.29, 1.82) is 0 Å². The molecule has 4 nitrogen and oxygen atoms in total. The van der Waals surface area contributed by atoms with Crippen molar-refractivity contribution in [2.75, 3.05) is 0 Å². The van der Waals surface area contributed by atoms with Crippen LogP contribution in [0.3, 0.4) is 0 Å². The minimum Gasteiger partial charge on any atom is -0.375 e. The van der Waals surface area contributed by atoms with E-state index in [1.54, 1.807) is 18.3 Å². The van der Waals surface area contributed by atoms with Crippen molar-refractivity contribution < 1.29 is 4.39 Å². The number of thiocarbonyl (C=S) groups is 1. The summed E-state index contributed by atoms with van der Waals surface area (Å²) in [6.45, 7) is 0.474. The highest BCUT2D eigenvalue weighted by Crippen LogP contribution is 2.19. The first kappa shape index (κ1) is 15.2. The van der Waals surface area contributed by atoms with Crippen molar-refractivity contribution in [1.82, 2.24) is 9.99 Å². The Kier molecular flexibility index (Phi) is 4.34. The number of halogens is 1. The standard InChI is InChI=1S/C17H15FN4S/c18-15-4-2-1-3-14(15)11-22-8-7-13-6-5-12(9-16(13)22)10-20-21-17(19)23/h1-10H,11H2,(H3,19,21,23). The Morgan fingerprint density at radius 1 is 1.26 bits per heavy atom. The Morgan fingerprint density at radius 3 is 2.87 bits per heavy atom. The first-order valence-electron chi connectivity index (χ1n) is 7.04. The monoisotopic (exact) mass is 326 g/mol. The van der Waals surface area contributed by atoms with Crippen molar-refractivity contribution >= 4 is 34.4 Å². The molecule has 3 aromatic rings. The zero-order chi connectivity index (χ0) is 16.2. The molecule has 0 fully saturated rings. The van der Waals surface area contributed by atoms with Crippen LogP contribution in [-0.4, -0.2) is 15.9 Å². The lowest BCUT2D eigenvalue weighted by Gasteiger charge is -2.07. The average molecular weight is 326 g/mol. The van der Waals surface area contributed by atoms with E-state index < -0.39 is 0 Å². The Labute approximate surface area is 138 Å². The minimum absolute atomic E-state index is 0.116. The van der Waals surface area contributed by atoms with Gasteiger partial charge < -0.3 is 10.3 Å². The van der Waals surface area contributed by atoms with E-state index in [-0.39, 0.29) is 10.9 Å². The van der Waals surface area contributed by atoms with Crippen molar-refractivity contribution in [2.45, 2.75) is 6.54 Å². The van der Waals surface area contributed by atoms with Gasteiger partial charge in [0.2, 0.25) is 0 Å². The molecule has 0 atom stereocenters. The minimum atomic E-state index is -0.201. The molecule has 1 aromatic heterocycles. The Balaban J connectivity index is 1.91. The first-order chi connectivity index (χ1) is 11.1. The topological polar surface area (TPSA) is 55.3 Å². The lowest BCUT2D eigenvalue weighted by molar-refractivity contribution is 0.602. The summed E-state index contributed by atoms with van der Waals surface area (Å²) >= 11 is 4.69. The predicted molar refractivity (Wildman–Crippen MR) is 95.0 cm³/mol. The van der Waals surface area contributed by atoms with Crippen LogP contribution in [-0.2, 0) is 6.54 Å². The van der Waals surface area contributed by atoms with E-state index in [4.69, 9.17) is 18.0 Å². The molecule has 0 spiro atoms. The number of fused-ring (bicyclic) bond motifs is 1. The van der Waals surface area contributed by atoms with Gasteiger partial charge in [-0.25, -0.2) is 4.39 Å². The molecule has 0 aliphatic carbocycles. The van der Waals surface area contributed by atoms with E-state index in [0.717, 1.165) is 16.5 Å². The molecule has 23 heavy (non-hydrogen) atoms. The van der Waals surface area contributed by atoms with Crippen LogP contribution < -0.4 is 11.2 Å². The van der Waals surface area contributed by atoms with Crippen molar-refractivity contribution in [3.63, 3.8) is 0 Å². The molecule has 0 bridgehead atoms. The van der Waals surface area contributed by atoms with Gasteiger partial charge in [0.15, 0.2) is 5.11 Å². The lowest BCUT2D eigenvalue weighted by atomic mass is 10.1. The summed E-state index contributed by atoms with van der Waals surface area (Å²) in [5.74, 6) is -0.201. The SMILES string of the molecule is NC(=S)NN=Cc1ccc2ccn(Cc3ccccc3F)c2c1. The molecule has 3 N–H and O–H groups in total. The van der Waals surface area contributed by atoms with E-state index in [1.807, 2.05) is 41.1 Å². The van der Waals surface area contributed by atoms with E-state index in [2.05, 4.69) is 10.5 Å². The van der Waals surface area contributed by atoms with E-state index >= 15 is 0 Å². The van der Waals surface area contributed by atoms with Gasteiger partial charge in [-0.05, 0) is 41.4 Å². The second-order valence-electron chi connectivity index (χ2n) is 5.09. The Hall–Kier alpha value is -2.73. The largest absolute Gasteiger partial charge is 0.375 e. The number of nitrogens with two attached hydrogens (primary N) is 1. The number of hydrogen-bond acceptors (Lipinski definition) is 2. The fraction of sp³-hybridized carbons (Fsp3) is 0.0588. The van der Waals surface area contributed by atoms with Gasteiger partial charge in [-0.1, -0.05) is 30.3 Å². The maximum absolute atomic E-state index is 13.8. The second kappa shape index (κ2) is 6.58. The van der Waals surface area contributed by atoms with Gasteiger partial charge in [-0.15, -0.1) is 0 Å². The van der Waals surface area contributed by atoms with Gasteiger partial charge in [0.1, 0.15) is 5.82 Å². The highest BCUT2D eigenvalue weighted by molar-refractivity contribution is 7.80. The van der Waals surface area contributed by atoms with E-state index in [9.17, 15) is 4.39 Å². The second-order valence-corrected chi connectivity index (χ2v) is 5.53. The molecule has 0 radical (unpaired) electrons. The van der Waals surface area contributed by atoms with Gasteiger partial charge in [-0.2, -0.15) is 5.10 Å². The number of hydrazone groups is 1. The van der Waals surface area contributed by atoms with E-state index in [0.29, 0.717) is 12.1 Å². The number of nitrogens with zero attached hydrogens (tertiary/aromatic N) is 2. The van der Waals surface area contributed by atoms with Gasteiger partial charge in [0, 0.05) is 17.3 Å². The van der Waals surface area contributed by atoms with Gasteiger partial charge >= 0.3 is 0 Å². The third kappa shape index (κ3) is 3.54. The average Bonchev–Trinajstić information content (AvgIpc) is 2.92. The van der Waals surface area contributed by atoms with Crippen LogP contribution in [0.25, 0.3) is 10.9 Å². The Morgan fingerprint density at radius 2 is 2.09 bits per heavy atom. The lowest BCUT2D eigenvalue weighted by Crippen LogP contribution is -2.23. The number of benzene rings is 2. The highest BCUT2D eigenvalue weighted by Gasteiger charge is 2.05. The molecule has 0 aliphatic rings. The zero-order valence-electron chi connectivity index (χ0n) is 12.2. The molecule has 116 valence electrons. The van der Waals surface area contributed by atoms with Crippen LogP contribution in [0, 0.1) is 5.82 Å². The quantitative estimate of drug-likeness (QED) is 0.440. The van der Waals surface area contributed by atoms with E-state index in [1.165, 1.54) is 6.07 Å². The summed E-state index contributed by atoms with van der Waals surface area (Å²) in [7, 11) is 0. The summed E-state index contributed by atoms with van der Waals surface area (Å²) < 4.78 is 15.8. The van der Waals surface area contributed by atoms with Crippen LogP contribution in [0.1, 0.15) is 11.1 Å². The molecule has 0 saturated carbocycles. The smallest absolute Gasteiger partial charge is 0.184 e. The number of aromatic nitrogens is 1. The summed E-state index contributed by atoms with van der Waals surface area (Å²) in [5, 5.41) is 5.15. The van der Waals surface area contributed by atoms with Crippen LogP contribution in [0.4, 0.5) is 4.39 Å². The number of hydrogen-bond donors (Lipinski definition) is 2. The summed E-state index contributed by atoms with van der Waals surface area (Å²) in [6, 6.07) is 14.7. The first-order valence-corrected chi connectivity index (χ1v) is 7.45. The van der Waals surface area contributed by atoms with Crippen LogP contribution in [0.5, 0.6) is 0 Å². The number of rotatable bonds is 4. The fourth-order valence-electron chi connectivity index (χ4n) is 2.40. The maximum atomic E-state index is 13.8. The third-order valence-corrected chi connectivity index (χ3v) is 3.58. The maximum Gasteiger partial charge on any atom is 0.184 e. The van der Waals surface area contributed by atoms with Gasteiger partial charge in [0.05, 0.1) is 12.8 Å². The Bertz CT molecular complexity index is 885. The summed E-state index contributed by atoms with van der Waals surface area (Å²) in [4.78, 5) is 0. The zero-order valence-corrected chi connectivity index (χ0v) is 13.1. The van der Waals surface area contributed by atoms with Crippen LogP contribution >= 0.6 is 12.2 Å². The molecule has 6 heteroatoms. The third-order valence-electron chi connectivity index (χ3n) is 3.48. The van der Waals surface area contributed by atoms with Gasteiger partial charge in [-0.3, -0.25) is 5.43 Å². The summed E-state index contributed by atoms with van der Waals surface area (Å²) in [6.07, 6.45) is 3.59. The molecule has 0 unspecified atom stereocenters. The molecule has 2 aromatic carbocycles. The molecule has 1 heterocycles. The molecular weight excluding hydrogens is 311 g/mol. The van der Waals surface area contributed by atoms with Crippen molar-refractivity contribution in [2.24, 2.45) is 10.8 Å². The number of nitrogens with one attached hydrogen (secondary N) is 1. The normalized spacial score (nSPS) is 11.2. The van der Waals surface area contributed by atoms with Crippen LogP contribution in [0.15, 0.2) is 59.8 Å². The van der Waals surface area contributed by atoms with Crippen LogP contribution in [0.2, 0.25) is 0 Å². The highest BCUT2D eigenvalue weighted by atomic mass is 32.1.